The second-order valence-corrected chi connectivity index (χ2v) is 5.02. The van der Waals surface area contributed by atoms with Crippen LogP contribution in [0.4, 0.5) is 4.39 Å². The van der Waals surface area contributed by atoms with E-state index in [0.29, 0.717) is 12.6 Å². The van der Waals surface area contributed by atoms with Gasteiger partial charge in [-0.05, 0) is 60.9 Å². The van der Waals surface area contributed by atoms with Gasteiger partial charge in [0.25, 0.3) is 0 Å². The van der Waals surface area contributed by atoms with Gasteiger partial charge >= 0.3 is 0 Å². The molecular formula is C18H20FNO. The summed E-state index contributed by atoms with van der Waals surface area (Å²) in [7, 11) is 0. The van der Waals surface area contributed by atoms with E-state index in [1.54, 1.807) is 6.07 Å². The van der Waals surface area contributed by atoms with Crippen LogP contribution < -0.4 is 4.74 Å². The number of nitrogens with zero attached hydrogens (tertiary/aromatic N) is 1. The molecule has 0 aromatic heterocycles. The maximum absolute atomic E-state index is 13.1. The number of hydrogen-bond acceptors (Lipinski definition) is 2. The van der Waals surface area contributed by atoms with Crippen molar-refractivity contribution in [2.75, 3.05) is 0 Å². The lowest BCUT2D eigenvalue weighted by atomic mass is 10.2. The summed E-state index contributed by atoms with van der Waals surface area (Å²) in [6.45, 7) is 4.57. The van der Waals surface area contributed by atoms with Gasteiger partial charge in [-0.25, -0.2) is 4.39 Å². The maximum atomic E-state index is 13.1. The van der Waals surface area contributed by atoms with Crippen LogP contribution in [0.5, 0.6) is 5.75 Å². The smallest absolute Gasteiger partial charge is 0.123 e. The molecule has 2 aromatic carbocycles. The molecule has 3 heteroatoms. The lowest BCUT2D eigenvalue weighted by molar-refractivity contribution is 0.305. The number of rotatable bonds is 6. The highest BCUT2D eigenvalue weighted by molar-refractivity contribution is 5.79. The van der Waals surface area contributed by atoms with Crippen LogP contribution in [-0.4, -0.2) is 12.3 Å². The summed E-state index contributed by atoms with van der Waals surface area (Å²) < 4.78 is 18.7. The summed E-state index contributed by atoms with van der Waals surface area (Å²) in [5.74, 6) is 0.521. The van der Waals surface area contributed by atoms with Gasteiger partial charge in [0.2, 0.25) is 0 Å². The van der Waals surface area contributed by atoms with Crippen LogP contribution in [0.2, 0.25) is 0 Å². The zero-order chi connectivity index (χ0) is 15.1. The van der Waals surface area contributed by atoms with Gasteiger partial charge in [-0.1, -0.05) is 19.1 Å². The van der Waals surface area contributed by atoms with Crippen molar-refractivity contribution in [3.8, 4) is 5.75 Å². The fourth-order valence-electron chi connectivity index (χ4n) is 1.76. The first-order valence-corrected chi connectivity index (χ1v) is 7.18. The SMILES string of the molecule is CCC(C)N=Cc1ccc(OCc2cccc(F)c2)cc1. The second-order valence-electron chi connectivity index (χ2n) is 5.02. The summed E-state index contributed by atoms with van der Waals surface area (Å²) >= 11 is 0. The van der Waals surface area contributed by atoms with E-state index in [9.17, 15) is 4.39 Å². The molecule has 110 valence electrons. The molecule has 0 N–H and O–H groups in total. The van der Waals surface area contributed by atoms with Gasteiger partial charge in [0.1, 0.15) is 18.2 Å². The van der Waals surface area contributed by atoms with E-state index in [2.05, 4.69) is 18.8 Å². The molecule has 0 amide bonds. The number of halogens is 1. The summed E-state index contributed by atoms with van der Waals surface area (Å²) in [6, 6.07) is 14.5. The number of hydrogen-bond donors (Lipinski definition) is 0. The predicted octanol–water partition coefficient (Wildman–Crippen LogP) is 4.62. The molecule has 0 radical (unpaired) electrons. The van der Waals surface area contributed by atoms with Gasteiger partial charge in [-0.3, -0.25) is 4.99 Å². The van der Waals surface area contributed by atoms with Crippen LogP contribution >= 0.6 is 0 Å². The number of ether oxygens (including phenoxy) is 1. The van der Waals surface area contributed by atoms with Crippen LogP contribution in [0.1, 0.15) is 31.4 Å². The molecule has 0 spiro atoms. The number of benzene rings is 2. The molecule has 21 heavy (non-hydrogen) atoms. The molecule has 0 aliphatic carbocycles. The third-order valence-electron chi connectivity index (χ3n) is 3.24. The molecular weight excluding hydrogens is 265 g/mol. The predicted molar refractivity (Wildman–Crippen MR) is 84.5 cm³/mol. The summed E-state index contributed by atoms with van der Waals surface area (Å²) in [5.41, 5.74) is 1.87. The molecule has 0 saturated heterocycles. The Hall–Kier alpha value is -2.16. The van der Waals surface area contributed by atoms with Crippen molar-refractivity contribution in [2.45, 2.75) is 32.9 Å². The Balaban J connectivity index is 1.92. The molecule has 2 rings (SSSR count). The average Bonchev–Trinajstić information content (AvgIpc) is 2.51. The van der Waals surface area contributed by atoms with E-state index in [1.165, 1.54) is 12.1 Å². The van der Waals surface area contributed by atoms with Crippen molar-refractivity contribution in [3.05, 3.63) is 65.5 Å². The van der Waals surface area contributed by atoms with Gasteiger partial charge in [0.15, 0.2) is 0 Å². The van der Waals surface area contributed by atoms with Crippen molar-refractivity contribution in [3.63, 3.8) is 0 Å². The second kappa shape index (κ2) is 7.58. The van der Waals surface area contributed by atoms with E-state index in [1.807, 2.05) is 36.5 Å². The average molecular weight is 285 g/mol. The third kappa shape index (κ3) is 5.03. The van der Waals surface area contributed by atoms with Crippen molar-refractivity contribution in [1.29, 1.82) is 0 Å². The van der Waals surface area contributed by atoms with Crippen molar-refractivity contribution in [2.24, 2.45) is 4.99 Å². The summed E-state index contributed by atoms with van der Waals surface area (Å²) in [4.78, 5) is 4.44. The third-order valence-corrected chi connectivity index (χ3v) is 3.24. The lowest BCUT2D eigenvalue weighted by Crippen LogP contribution is -1.97. The van der Waals surface area contributed by atoms with E-state index in [0.717, 1.165) is 23.3 Å². The molecule has 2 nitrogen and oxygen atoms in total. The summed E-state index contributed by atoms with van der Waals surface area (Å²) in [6.07, 6.45) is 2.91. The normalized spacial score (nSPS) is 12.5. The van der Waals surface area contributed by atoms with Crippen molar-refractivity contribution in [1.82, 2.24) is 0 Å². The minimum atomic E-state index is -0.243. The molecule has 0 aliphatic heterocycles. The van der Waals surface area contributed by atoms with E-state index < -0.39 is 0 Å². The van der Waals surface area contributed by atoms with Gasteiger partial charge in [-0.2, -0.15) is 0 Å². The molecule has 0 heterocycles. The fraction of sp³-hybridized carbons (Fsp3) is 0.278. The van der Waals surface area contributed by atoms with E-state index in [4.69, 9.17) is 4.74 Å². The summed E-state index contributed by atoms with van der Waals surface area (Å²) in [5, 5.41) is 0. The van der Waals surface area contributed by atoms with Crippen LogP contribution in [0.3, 0.4) is 0 Å². The largest absolute Gasteiger partial charge is 0.489 e. The van der Waals surface area contributed by atoms with Gasteiger partial charge in [0.05, 0.1) is 0 Å². The molecule has 0 fully saturated rings. The maximum Gasteiger partial charge on any atom is 0.123 e. The zero-order valence-corrected chi connectivity index (χ0v) is 12.4. The highest BCUT2D eigenvalue weighted by atomic mass is 19.1. The Kier molecular flexibility index (Phi) is 5.50. The Morgan fingerprint density at radius 3 is 2.62 bits per heavy atom. The minimum Gasteiger partial charge on any atom is -0.489 e. The van der Waals surface area contributed by atoms with Crippen molar-refractivity contribution < 1.29 is 9.13 Å². The Morgan fingerprint density at radius 1 is 1.19 bits per heavy atom. The highest BCUT2D eigenvalue weighted by Crippen LogP contribution is 2.14. The van der Waals surface area contributed by atoms with Gasteiger partial charge in [-0.15, -0.1) is 0 Å². The highest BCUT2D eigenvalue weighted by Gasteiger charge is 1.98. The van der Waals surface area contributed by atoms with E-state index >= 15 is 0 Å². The quantitative estimate of drug-likeness (QED) is 0.709. The fourth-order valence-corrected chi connectivity index (χ4v) is 1.76. The Bertz CT molecular complexity index is 592. The van der Waals surface area contributed by atoms with Crippen molar-refractivity contribution >= 4 is 6.21 Å². The lowest BCUT2D eigenvalue weighted by Gasteiger charge is -2.07. The molecule has 1 atom stereocenters. The Morgan fingerprint density at radius 2 is 1.95 bits per heavy atom. The van der Waals surface area contributed by atoms with Gasteiger partial charge in [0, 0.05) is 12.3 Å². The van der Waals surface area contributed by atoms with Crippen LogP contribution in [-0.2, 0) is 6.61 Å². The number of aliphatic imine (C=N–C) groups is 1. The van der Waals surface area contributed by atoms with Crippen LogP contribution in [0.15, 0.2) is 53.5 Å². The molecule has 1 unspecified atom stereocenters. The molecule has 0 bridgehead atoms. The van der Waals surface area contributed by atoms with Gasteiger partial charge < -0.3 is 4.74 Å². The van der Waals surface area contributed by atoms with Crippen LogP contribution in [0.25, 0.3) is 0 Å². The Labute approximate surface area is 125 Å². The molecule has 2 aromatic rings. The topological polar surface area (TPSA) is 21.6 Å². The first-order chi connectivity index (χ1) is 10.2. The minimum absolute atomic E-state index is 0.243. The molecule has 0 saturated carbocycles. The first kappa shape index (κ1) is 15.2. The standard InChI is InChI=1S/C18H20FNO/c1-3-14(2)20-12-15-7-9-18(10-8-15)21-13-16-5-4-6-17(19)11-16/h4-12,14H,3,13H2,1-2H3. The zero-order valence-electron chi connectivity index (χ0n) is 12.4. The van der Waals surface area contributed by atoms with Crippen LogP contribution in [0, 0.1) is 5.82 Å². The monoisotopic (exact) mass is 285 g/mol. The molecule has 0 aliphatic rings. The van der Waals surface area contributed by atoms with E-state index in [-0.39, 0.29) is 5.82 Å². The first-order valence-electron chi connectivity index (χ1n) is 7.18.